The molecule has 2 rings (SSSR count). The van der Waals surface area contributed by atoms with Gasteiger partial charge in [-0.3, -0.25) is 5.10 Å². The molecule has 1 aromatic rings. The van der Waals surface area contributed by atoms with Crippen LogP contribution in [-0.2, 0) is 6.42 Å². The second-order valence-corrected chi connectivity index (χ2v) is 5.36. The fraction of sp³-hybridized carbons (Fsp3) is 0.846. The van der Waals surface area contributed by atoms with Crippen LogP contribution >= 0.6 is 0 Å². The van der Waals surface area contributed by atoms with Crippen molar-refractivity contribution in [2.75, 3.05) is 6.54 Å². The molecule has 1 aliphatic carbocycles. The van der Waals surface area contributed by atoms with Crippen LogP contribution < -0.4 is 5.32 Å². The zero-order valence-corrected chi connectivity index (χ0v) is 10.9. The van der Waals surface area contributed by atoms with Crippen LogP contribution in [-0.4, -0.2) is 27.8 Å². The summed E-state index contributed by atoms with van der Waals surface area (Å²) in [5, 5.41) is 10.5. The molecular formula is C13H24N4. The van der Waals surface area contributed by atoms with Gasteiger partial charge in [-0.15, -0.1) is 0 Å². The largest absolute Gasteiger partial charge is 0.314 e. The van der Waals surface area contributed by atoms with Crippen LogP contribution in [0.25, 0.3) is 0 Å². The molecule has 96 valence electrons. The number of hydrogen-bond acceptors (Lipinski definition) is 3. The highest BCUT2D eigenvalue weighted by atomic mass is 15.2. The highest BCUT2D eigenvalue weighted by Crippen LogP contribution is 2.29. The van der Waals surface area contributed by atoms with Crippen molar-refractivity contribution in [1.29, 1.82) is 0 Å². The molecular weight excluding hydrogens is 212 g/mol. The summed E-state index contributed by atoms with van der Waals surface area (Å²) in [6, 6.07) is 0.716. The summed E-state index contributed by atoms with van der Waals surface area (Å²) in [5.74, 6) is 2.68. The van der Waals surface area contributed by atoms with Crippen LogP contribution in [0.15, 0.2) is 6.33 Å². The van der Waals surface area contributed by atoms with Gasteiger partial charge in [0.25, 0.3) is 0 Å². The summed E-state index contributed by atoms with van der Waals surface area (Å²) in [5.41, 5.74) is 0. The predicted molar refractivity (Wildman–Crippen MR) is 68.7 cm³/mol. The number of H-pyrrole nitrogens is 1. The first-order valence-electron chi connectivity index (χ1n) is 6.85. The van der Waals surface area contributed by atoms with Gasteiger partial charge in [0, 0.05) is 12.5 Å². The molecule has 1 heterocycles. The average Bonchev–Trinajstić information content (AvgIpc) is 2.83. The van der Waals surface area contributed by atoms with E-state index in [0.717, 1.165) is 37.0 Å². The van der Waals surface area contributed by atoms with Crippen molar-refractivity contribution >= 4 is 0 Å². The molecule has 2 N–H and O–H groups in total. The third-order valence-corrected chi connectivity index (χ3v) is 4.17. The fourth-order valence-electron chi connectivity index (χ4n) is 2.76. The van der Waals surface area contributed by atoms with E-state index in [0.29, 0.717) is 6.04 Å². The van der Waals surface area contributed by atoms with Gasteiger partial charge in [-0.1, -0.05) is 26.7 Å². The van der Waals surface area contributed by atoms with Gasteiger partial charge in [0.15, 0.2) is 0 Å². The fourth-order valence-corrected chi connectivity index (χ4v) is 2.76. The molecule has 4 nitrogen and oxygen atoms in total. The van der Waals surface area contributed by atoms with E-state index in [9.17, 15) is 0 Å². The lowest BCUT2D eigenvalue weighted by Gasteiger charge is -2.34. The molecule has 0 bridgehead atoms. The number of nitrogens with zero attached hydrogens (tertiary/aromatic N) is 2. The lowest BCUT2D eigenvalue weighted by molar-refractivity contribution is 0.207. The summed E-state index contributed by atoms with van der Waals surface area (Å²) in [4.78, 5) is 4.13. The van der Waals surface area contributed by atoms with Gasteiger partial charge in [0.05, 0.1) is 0 Å². The normalized spacial score (nSPS) is 29.4. The van der Waals surface area contributed by atoms with E-state index >= 15 is 0 Å². The van der Waals surface area contributed by atoms with Crippen molar-refractivity contribution in [3.05, 3.63) is 12.2 Å². The lowest BCUT2D eigenvalue weighted by atomic mass is 9.78. The molecule has 17 heavy (non-hydrogen) atoms. The van der Waals surface area contributed by atoms with Crippen LogP contribution in [0.4, 0.5) is 0 Å². The van der Waals surface area contributed by atoms with Gasteiger partial charge < -0.3 is 5.32 Å². The van der Waals surface area contributed by atoms with Crippen molar-refractivity contribution in [3.63, 3.8) is 0 Å². The van der Waals surface area contributed by atoms with Crippen molar-refractivity contribution in [1.82, 2.24) is 20.5 Å². The SMILES string of the molecule is CC1CCCC(NCCCc2ncn[nH]2)C1C. The molecule has 0 spiro atoms. The summed E-state index contributed by atoms with van der Waals surface area (Å²) in [6.45, 7) is 5.85. The molecule has 3 unspecified atom stereocenters. The van der Waals surface area contributed by atoms with Crippen molar-refractivity contribution in [2.45, 2.75) is 52.0 Å². The Balaban J connectivity index is 1.64. The Morgan fingerprint density at radius 3 is 3.06 bits per heavy atom. The minimum absolute atomic E-state index is 0.716. The van der Waals surface area contributed by atoms with E-state index in [4.69, 9.17) is 0 Å². The molecule has 1 aliphatic rings. The first-order valence-corrected chi connectivity index (χ1v) is 6.85. The molecule has 0 aromatic carbocycles. The Kier molecular flexibility index (Phi) is 4.54. The van der Waals surface area contributed by atoms with Crippen LogP contribution in [0.3, 0.4) is 0 Å². The summed E-state index contributed by atoms with van der Waals surface area (Å²) < 4.78 is 0. The molecule has 3 atom stereocenters. The van der Waals surface area contributed by atoms with Gasteiger partial charge in [-0.05, 0) is 31.2 Å². The van der Waals surface area contributed by atoms with Gasteiger partial charge in [-0.25, -0.2) is 4.98 Å². The molecule has 1 saturated carbocycles. The maximum atomic E-state index is 4.13. The summed E-state index contributed by atoms with van der Waals surface area (Å²) >= 11 is 0. The summed E-state index contributed by atoms with van der Waals surface area (Å²) in [7, 11) is 0. The van der Waals surface area contributed by atoms with Gasteiger partial charge in [0.2, 0.25) is 0 Å². The minimum atomic E-state index is 0.716. The molecule has 1 fully saturated rings. The minimum Gasteiger partial charge on any atom is -0.314 e. The van der Waals surface area contributed by atoms with Gasteiger partial charge in [0.1, 0.15) is 12.2 Å². The van der Waals surface area contributed by atoms with Crippen molar-refractivity contribution in [2.24, 2.45) is 11.8 Å². The molecule has 0 radical (unpaired) electrons. The van der Waals surface area contributed by atoms with E-state index in [1.807, 2.05) is 0 Å². The van der Waals surface area contributed by atoms with Crippen molar-refractivity contribution in [3.8, 4) is 0 Å². The maximum Gasteiger partial charge on any atom is 0.137 e. The number of aryl methyl sites for hydroxylation is 1. The third-order valence-electron chi connectivity index (χ3n) is 4.17. The van der Waals surface area contributed by atoms with E-state index in [2.05, 4.69) is 34.3 Å². The Morgan fingerprint density at radius 2 is 2.29 bits per heavy atom. The van der Waals surface area contributed by atoms with E-state index in [1.165, 1.54) is 19.3 Å². The number of nitrogens with one attached hydrogen (secondary N) is 2. The van der Waals surface area contributed by atoms with Crippen LogP contribution in [0.1, 0.15) is 45.4 Å². The first kappa shape index (κ1) is 12.6. The quantitative estimate of drug-likeness (QED) is 0.770. The molecule has 1 aromatic heterocycles. The predicted octanol–water partition coefficient (Wildman–Crippen LogP) is 2.15. The summed E-state index contributed by atoms with van der Waals surface area (Å²) in [6.07, 6.45) is 7.82. The Hall–Kier alpha value is -0.900. The number of rotatable bonds is 5. The highest BCUT2D eigenvalue weighted by Gasteiger charge is 2.26. The zero-order chi connectivity index (χ0) is 12.1. The first-order chi connectivity index (χ1) is 8.27. The van der Waals surface area contributed by atoms with Crippen LogP contribution in [0, 0.1) is 11.8 Å². The average molecular weight is 236 g/mol. The van der Waals surface area contributed by atoms with Crippen LogP contribution in [0.5, 0.6) is 0 Å². The van der Waals surface area contributed by atoms with Gasteiger partial charge >= 0.3 is 0 Å². The molecule has 4 heteroatoms. The second-order valence-electron chi connectivity index (χ2n) is 5.36. The highest BCUT2D eigenvalue weighted by molar-refractivity contribution is 4.83. The standard InChI is InChI=1S/C13H24N4/c1-10-5-3-6-12(11(10)2)14-8-4-7-13-15-9-16-17-13/h9-12,14H,3-8H2,1-2H3,(H,15,16,17). The zero-order valence-electron chi connectivity index (χ0n) is 10.9. The lowest BCUT2D eigenvalue weighted by Crippen LogP contribution is -2.41. The Morgan fingerprint density at radius 1 is 1.41 bits per heavy atom. The Bertz CT molecular complexity index is 309. The number of aromatic amines is 1. The monoisotopic (exact) mass is 236 g/mol. The molecule has 0 amide bonds. The molecule has 0 aliphatic heterocycles. The third kappa shape index (κ3) is 3.53. The van der Waals surface area contributed by atoms with Gasteiger partial charge in [-0.2, -0.15) is 5.10 Å². The smallest absolute Gasteiger partial charge is 0.137 e. The number of aromatic nitrogens is 3. The van der Waals surface area contributed by atoms with E-state index in [-0.39, 0.29) is 0 Å². The van der Waals surface area contributed by atoms with Crippen LogP contribution in [0.2, 0.25) is 0 Å². The topological polar surface area (TPSA) is 53.6 Å². The number of hydrogen-bond donors (Lipinski definition) is 2. The van der Waals surface area contributed by atoms with E-state index < -0.39 is 0 Å². The molecule has 0 saturated heterocycles. The maximum absolute atomic E-state index is 4.13. The van der Waals surface area contributed by atoms with Crippen molar-refractivity contribution < 1.29 is 0 Å². The second kappa shape index (κ2) is 6.15. The van der Waals surface area contributed by atoms with E-state index in [1.54, 1.807) is 6.33 Å². The Labute approximate surface area is 104 Å².